The van der Waals surface area contributed by atoms with Gasteiger partial charge in [-0.25, -0.2) is 9.67 Å². The third-order valence-corrected chi connectivity index (χ3v) is 3.56. The van der Waals surface area contributed by atoms with Gasteiger partial charge in [0.15, 0.2) is 5.65 Å². The quantitative estimate of drug-likeness (QED) is 0.630. The fraction of sp³-hybridized carbons (Fsp3) is 0.0625. The number of aromatic amines is 1. The fourth-order valence-corrected chi connectivity index (χ4v) is 2.51. The Morgan fingerprint density at radius 1 is 1.14 bits per heavy atom. The van der Waals surface area contributed by atoms with Crippen molar-refractivity contribution in [1.29, 1.82) is 0 Å². The summed E-state index contributed by atoms with van der Waals surface area (Å²) in [4.78, 5) is 4.26. The van der Waals surface area contributed by atoms with Crippen molar-refractivity contribution in [1.82, 2.24) is 25.0 Å². The minimum Gasteiger partial charge on any atom is -0.497 e. The lowest BCUT2D eigenvalue weighted by atomic mass is 10.1. The third kappa shape index (κ3) is 1.93. The zero-order valence-corrected chi connectivity index (χ0v) is 11.9. The van der Waals surface area contributed by atoms with Crippen molar-refractivity contribution in [3.63, 3.8) is 0 Å². The number of nitrogens with zero attached hydrogens (tertiary/aromatic N) is 4. The van der Waals surface area contributed by atoms with E-state index in [2.05, 4.69) is 20.3 Å². The Labute approximate surface area is 126 Å². The molecule has 6 nitrogen and oxygen atoms in total. The standard InChI is InChI=1S/C16H13N5O/c1-22-11-5-6-12(14(10-11)21-9-3-8-18-21)15-13-4-2-7-17-16(13)20-19-15/h2-10H,1H3,(H,17,19,20). The number of aromatic nitrogens is 5. The lowest BCUT2D eigenvalue weighted by Crippen LogP contribution is -1.99. The van der Waals surface area contributed by atoms with Crippen LogP contribution in [0.25, 0.3) is 28.0 Å². The molecule has 3 aromatic heterocycles. The second-order valence-corrected chi connectivity index (χ2v) is 4.81. The predicted molar refractivity (Wildman–Crippen MR) is 83.0 cm³/mol. The number of hydrogen-bond acceptors (Lipinski definition) is 4. The largest absolute Gasteiger partial charge is 0.497 e. The third-order valence-electron chi connectivity index (χ3n) is 3.56. The first-order chi connectivity index (χ1) is 10.9. The molecule has 0 radical (unpaired) electrons. The zero-order valence-electron chi connectivity index (χ0n) is 11.9. The van der Waals surface area contributed by atoms with Crippen LogP contribution in [0.1, 0.15) is 0 Å². The molecule has 1 N–H and O–H groups in total. The van der Waals surface area contributed by atoms with E-state index in [4.69, 9.17) is 4.74 Å². The maximum absolute atomic E-state index is 5.33. The molecular weight excluding hydrogens is 278 g/mol. The number of methoxy groups -OCH3 is 1. The molecule has 6 heteroatoms. The summed E-state index contributed by atoms with van der Waals surface area (Å²) < 4.78 is 7.14. The van der Waals surface area contributed by atoms with Crippen molar-refractivity contribution in [2.75, 3.05) is 7.11 Å². The summed E-state index contributed by atoms with van der Waals surface area (Å²) in [6.45, 7) is 0. The van der Waals surface area contributed by atoms with Crippen LogP contribution in [0.15, 0.2) is 55.0 Å². The fourth-order valence-electron chi connectivity index (χ4n) is 2.51. The van der Waals surface area contributed by atoms with Gasteiger partial charge in [0, 0.05) is 35.6 Å². The smallest absolute Gasteiger partial charge is 0.181 e. The summed E-state index contributed by atoms with van der Waals surface area (Å²) in [6, 6.07) is 11.7. The number of rotatable bonds is 3. The van der Waals surface area contributed by atoms with E-state index in [-0.39, 0.29) is 0 Å². The molecule has 0 aliphatic rings. The number of fused-ring (bicyclic) bond motifs is 1. The molecule has 0 aliphatic carbocycles. The van der Waals surface area contributed by atoms with Gasteiger partial charge in [-0.2, -0.15) is 10.2 Å². The predicted octanol–water partition coefficient (Wildman–Crippen LogP) is 2.82. The van der Waals surface area contributed by atoms with Gasteiger partial charge in [0.05, 0.1) is 18.5 Å². The van der Waals surface area contributed by atoms with Crippen LogP contribution in [0.3, 0.4) is 0 Å². The molecule has 1 aromatic carbocycles. The summed E-state index contributed by atoms with van der Waals surface area (Å²) in [7, 11) is 1.65. The van der Waals surface area contributed by atoms with Crippen molar-refractivity contribution in [3.05, 3.63) is 55.0 Å². The Bertz CT molecular complexity index is 927. The average molecular weight is 291 g/mol. The molecule has 0 amide bonds. The summed E-state index contributed by atoms with van der Waals surface area (Å²) in [5.41, 5.74) is 3.51. The van der Waals surface area contributed by atoms with Gasteiger partial charge in [-0.3, -0.25) is 5.10 Å². The number of H-pyrrole nitrogens is 1. The number of hydrogen-bond donors (Lipinski definition) is 1. The van der Waals surface area contributed by atoms with Crippen molar-refractivity contribution in [2.24, 2.45) is 0 Å². The van der Waals surface area contributed by atoms with Crippen LogP contribution in [-0.2, 0) is 0 Å². The van der Waals surface area contributed by atoms with E-state index in [1.807, 2.05) is 42.6 Å². The van der Waals surface area contributed by atoms with E-state index in [0.717, 1.165) is 28.1 Å². The van der Waals surface area contributed by atoms with Crippen molar-refractivity contribution in [2.45, 2.75) is 0 Å². The van der Waals surface area contributed by atoms with Crippen molar-refractivity contribution < 1.29 is 4.74 Å². The van der Waals surface area contributed by atoms with Gasteiger partial charge in [0.2, 0.25) is 0 Å². The van der Waals surface area contributed by atoms with Crippen molar-refractivity contribution >= 4 is 11.0 Å². The molecule has 3 heterocycles. The lowest BCUT2D eigenvalue weighted by molar-refractivity contribution is 0.414. The highest BCUT2D eigenvalue weighted by Gasteiger charge is 2.14. The molecule has 4 rings (SSSR count). The Hall–Kier alpha value is -3.15. The highest BCUT2D eigenvalue weighted by Crippen LogP contribution is 2.32. The average Bonchev–Trinajstić information content (AvgIpc) is 3.24. The van der Waals surface area contributed by atoms with Crippen LogP contribution >= 0.6 is 0 Å². The van der Waals surface area contributed by atoms with E-state index >= 15 is 0 Å². The molecule has 4 aromatic rings. The van der Waals surface area contributed by atoms with Gasteiger partial charge in [0.1, 0.15) is 5.75 Å². The monoisotopic (exact) mass is 291 g/mol. The maximum atomic E-state index is 5.33. The minimum atomic E-state index is 0.694. The van der Waals surface area contributed by atoms with E-state index < -0.39 is 0 Å². The molecule has 0 unspecified atom stereocenters. The molecule has 0 spiro atoms. The molecule has 0 atom stereocenters. The Morgan fingerprint density at radius 3 is 2.91 bits per heavy atom. The van der Waals surface area contributed by atoms with Crippen LogP contribution in [-0.4, -0.2) is 32.1 Å². The van der Waals surface area contributed by atoms with Crippen LogP contribution < -0.4 is 4.74 Å². The highest BCUT2D eigenvalue weighted by molar-refractivity contribution is 5.93. The van der Waals surface area contributed by atoms with E-state index in [9.17, 15) is 0 Å². The van der Waals surface area contributed by atoms with Gasteiger partial charge in [-0.05, 0) is 30.3 Å². The molecule has 0 bridgehead atoms. The van der Waals surface area contributed by atoms with Gasteiger partial charge in [-0.15, -0.1) is 0 Å². The number of pyridine rings is 1. The van der Waals surface area contributed by atoms with Crippen LogP contribution in [0, 0.1) is 0 Å². The van der Waals surface area contributed by atoms with E-state index in [1.165, 1.54) is 0 Å². The van der Waals surface area contributed by atoms with Gasteiger partial charge < -0.3 is 4.74 Å². The first-order valence-electron chi connectivity index (χ1n) is 6.84. The summed E-state index contributed by atoms with van der Waals surface area (Å²) >= 11 is 0. The van der Waals surface area contributed by atoms with E-state index in [1.54, 1.807) is 24.2 Å². The molecule has 0 fully saturated rings. The van der Waals surface area contributed by atoms with Crippen LogP contribution in [0.2, 0.25) is 0 Å². The molecule has 22 heavy (non-hydrogen) atoms. The van der Waals surface area contributed by atoms with E-state index in [0.29, 0.717) is 5.65 Å². The minimum absolute atomic E-state index is 0.694. The Balaban J connectivity index is 1.98. The summed E-state index contributed by atoms with van der Waals surface area (Å²) in [6.07, 6.45) is 5.38. The first kappa shape index (κ1) is 12.6. The van der Waals surface area contributed by atoms with Crippen molar-refractivity contribution in [3.8, 4) is 22.7 Å². The normalized spacial score (nSPS) is 11.0. The maximum Gasteiger partial charge on any atom is 0.181 e. The first-order valence-corrected chi connectivity index (χ1v) is 6.84. The lowest BCUT2D eigenvalue weighted by Gasteiger charge is -2.10. The Morgan fingerprint density at radius 2 is 2.09 bits per heavy atom. The number of ether oxygens (including phenoxy) is 1. The molecule has 0 saturated carbocycles. The topological polar surface area (TPSA) is 68.6 Å². The number of nitrogens with one attached hydrogen (secondary N) is 1. The molecule has 108 valence electrons. The second kappa shape index (κ2) is 5.00. The van der Waals surface area contributed by atoms with Gasteiger partial charge >= 0.3 is 0 Å². The summed E-state index contributed by atoms with van der Waals surface area (Å²) in [5.74, 6) is 0.774. The SMILES string of the molecule is COc1ccc(-c2[nH]nc3ncccc23)c(-n2cccn2)c1. The van der Waals surface area contributed by atoms with Gasteiger partial charge in [0.25, 0.3) is 0 Å². The molecule has 0 saturated heterocycles. The number of benzene rings is 1. The highest BCUT2D eigenvalue weighted by atomic mass is 16.5. The van der Waals surface area contributed by atoms with Crippen LogP contribution in [0.5, 0.6) is 5.75 Å². The molecular formula is C16H13N5O. The Kier molecular flexibility index (Phi) is 2.86. The second-order valence-electron chi connectivity index (χ2n) is 4.81. The van der Waals surface area contributed by atoms with Crippen LogP contribution in [0.4, 0.5) is 0 Å². The molecule has 0 aliphatic heterocycles. The van der Waals surface area contributed by atoms with Gasteiger partial charge in [-0.1, -0.05) is 0 Å². The zero-order chi connectivity index (χ0) is 14.9. The summed E-state index contributed by atoms with van der Waals surface area (Å²) in [5, 5.41) is 12.6.